The molecule has 1 saturated carbocycles. The number of carbonyl (C=O) groups excluding carboxylic acids is 3. The molecule has 0 N–H and O–H groups in total. The average Bonchev–Trinajstić information content (AvgIpc) is 3.08. The van der Waals surface area contributed by atoms with Crippen molar-refractivity contribution in [3.05, 3.63) is 58.7 Å². The Bertz CT molecular complexity index is 1040. The molecule has 32 heavy (non-hydrogen) atoms. The summed E-state index contributed by atoms with van der Waals surface area (Å²) in [5.41, 5.74) is 2.91. The SMILES string of the molecule is COc1cc(/C=C2\CC/C(=C\c3ccc(OC(C)=O)c(OC)c3)C2=O)ccc1OC(C)=O. The van der Waals surface area contributed by atoms with Crippen LogP contribution in [0.3, 0.4) is 0 Å². The smallest absolute Gasteiger partial charge is 0.308 e. The van der Waals surface area contributed by atoms with Gasteiger partial charge in [0.2, 0.25) is 0 Å². The quantitative estimate of drug-likeness (QED) is 0.377. The van der Waals surface area contributed by atoms with Crippen LogP contribution >= 0.6 is 0 Å². The number of esters is 2. The van der Waals surface area contributed by atoms with Crippen LogP contribution in [0.1, 0.15) is 37.8 Å². The molecule has 1 aliphatic carbocycles. The Labute approximate surface area is 186 Å². The molecular formula is C25H24O7. The molecule has 0 heterocycles. The zero-order valence-corrected chi connectivity index (χ0v) is 18.4. The number of hydrogen-bond donors (Lipinski definition) is 0. The number of hydrogen-bond acceptors (Lipinski definition) is 7. The summed E-state index contributed by atoms with van der Waals surface area (Å²) in [4.78, 5) is 35.3. The van der Waals surface area contributed by atoms with Gasteiger partial charge in [0, 0.05) is 25.0 Å². The highest BCUT2D eigenvalue weighted by Crippen LogP contribution is 2.34. The van der Waals surface area contributed by atoms with E-state index in [-0.39, 0.29) is 5.78 Å². The Morgan fingerprint density at radius 3 is 1.47 bits per heavy atom. The fourth-order valence-electron chi connectivity index (χ4n) is 3.41. The summed E-state index contributed by atoms with van der Waals surface area (Å²) in [5, 5.41) is 0. The number of rotatable bonds is 6. The molecule has 3 rings (SSSR count). The second kappa shape index (κ2) is 9.96. The maximum Gasteiger partial charge on any atom is 0.308 e. The highest BCUT2D eigenvalue weighted by Gasteiger charge is 2.23. The summed E-state index contributed by atoms with van der Waals surface area (Å²) in [6, 6.07) is 10.3. The van der Waals surface area contributed by atoms with Crippen LogP contribution in [0.25, 0.3) is 12.2 Å². The molecule has 7 heteroatoms. The fourth-order valence-corrected chi connectivity index (χ4v) is 3.41. The molecule has 0 amide bonds. The van der Waals surface area contributed by atoms with E-state index >= 15 is 0 Å². The van der Waals surface area contributed by atoms with Crippen molar-refractivity contribution in [1.29, 1.82) is 0 Å². The fraction of sp³-hybridized carbons (Fsp3) is 0.240. The predicted molar refractivity (Wildman–Crippen MR) is 119 cm³/mol. The van der Waals surface area contributed by atoms with Gasteiger partial charge in [0.25, 0.3) is 0 Å². The first kappa shape index (κ1) is 22.8. The first-order chi connectivity index (χ1) is 15.3. The summed E-state index contributed by atoms with van der Waals surface area (Å²) in [7, 11) is 2.98. The lowest BCUT2D eigenvalue weighted by Gasteiger charge is -2.09. The minimum atomic E-state index is -0.437. The summed E-state index contributed by atoms with van der Waals surface area (Å²) in [5.74, 6) is 0.570. The summed E-state index contributed by atoms with van der Waals surface area (Å²) in [6.07, 6.45) is 4.85. The Morgan fingerprint density at radius 2 is 1.12 bits per heavy atom. The van der Waals surface area contributed by atoms with Crippen molar-refractivity contribution in [1.82, 2.24) is 0 Å². The Kier molecular flexibility index (Phi) is 7.10. The van der Waals surface area contributed by atoms with Crippen LogP contribution in [0.15, 0.2) is 47.5 Å². The van der Waals surface area contributed by atoms with Crippen molar-refractivity contribution in [2.24, 2.45) is 0 Å². The van der Waals surface area contributed by atoms with Gasteiger partial charge in [0.15, 0.2) is 28.8 Å². The molecule has 0 bridgehead atoms. The molecule has 0 aliphatic heterocycles. The van der Waals surface area contributed by atoms with Gasteiger partial charge < -0.3 is 18.9 Å². The van der Waals surface area contributed by atoms with Gasteiger partial charge in [0.05, 0.1) is 14.2 Å². The van der Waals surface area contributed by atoms with Crippen LogP contribution in [0, 0.1) is 0 Å². The van der Waals surface area contributed by atoms with E-state index in [1.807, 2.05) is 12.2 Å². The molecule has 1 fully saturated rings. The van der Waals surface area contributed by atoms with Crippen molar-refractivity contribution >= 4 is 29.9 Å². The standard InChI is InChI=1S/C25H24O7/c1-15(26)31-21-9-5-17(13-23(21)29-3)11-19-7-8-20(25(19)28)12-18-6-10-22(32-16(2)27)24(14-18)30-4/h5-6,9-14H,7-8H2,1-4H3/b19-11+,20-12+. The largest absolute Gasteiger partial charge is 0.493 e. The van der Waals surface area contributed by atoms with Crippen LogP contribution in [0.5, 0.6) is 23.0 Å². The monoisotopic (exact) mass is 436 g/mol. The minimum absolute atomic E-state index is 0.0314. The third-order valence-corrected chi connectivity index (χ3v) is 4.81. The molecule has 0 atom stereocenters. The van der Waals surface area contributed by atoms with E-state index in [1.54, 1.807) is 36.4 Å². The van der Waals surface area contributed by atoms with Gasteiger partial charge in [-0.1, -0.05) is 12.1 Å². The Morgan fingerprint density at radius 1 is 0.719 bits per heavy atom. The molecule has 0 saturated heterocycles. The summed E-state index contributed by atoms with van der Waals surface area (Å²) in [6.45, 7) is 2.64. The zero-order valence-electron chi connectivity index (χ0n) is 18.4. The number of ketones is 1. The summed E-state index contributed by atoms with van der Waals surface area (Å²) >= 11 is 0. The topological polar surface area (TPSA) is 88.1 Å². The highest BCUT2D eigenvalue weighted by molar-refractivity contribution is 6.15. The van der Waals surface area contributed by atoms with E-state index in [9.17, 15) is 14.4 Å². The zero-order chi connectivity index (χ0) is 23.3. The van der Waals surface area contributed by atoms with Crippen molar-refractivity contribution in [3.63, 3.8) is 0 Å². The molecule has 2 aromatic rings. The molecule has 0 aromatic heterocycles. The average molecular weight is 436 g/mol. The highest BCUT2D eigenvalue weighted by atomic mass is 16.6. The van der Waals surface area contributed by atoms with Crippen molar-refractivity contribution < 1.29 is 33.3 Å². The summed E-state index contributed by atoms with van der Waals surface area (Å²) < 4.78 is 20.8. The number of Topliss-reactive ketones (excluding diaryl/α,β-unsaturated/α-hetero) is 1. The van der Waals surface area contributed by atoms with Crippen LogP contribution in [-0.4, -0.2) is 31.9 Å². The Hall–Kier alpha value is -3.87. The third-order valence-electron chi connectivity index (χ3n) is 4.81. The predicted octanol–water partition coefficient (Wildman–Crippen LogP) is 4.38. The number of benzene rings is 2. The first-order valence-electron chi connectivity index (χ1n) is 9.99. The molecule has 1 aliphatic rings. The lowest BCUT2D eigenvalue weighted by Crippen LogP contribution is -2.03. The van der Waals surface area contributed by atoms with Gasteiger partial charge in [-0.2, -0.15) is 0 Å². The van der Waals surface area contributed by atoms with E-state index in [4.69, 9.17) is 18.9 Å². The van der Waals surface area contributed by atoms with Crippen molar-refractivity contribution in [3.8, 4) is 23.0 Å². The number of carbonyl (C=O) groups is 3. The molecule has 0 unspecified atom stereocenters. The maximum absolute atomic E-state index is 12.9. The van der Waals surface area contributed by atoms with Crippen LogP contribution in [-0.2, 0) is 14.4 Å². The van der Waals surface area contributed by atoms with Crippen LogP contribution in [0.4, 0.5) is 0 Å². The first-order valence-corrected chi connectivity index (χ1v) is 9.99. The van der Waals surface area contributed by atoms with Gasteiger partial charge in [-0.25, -0.2) is 0 Å². The molecule has 2 aromatic carbocycles. The number of methoxy groups -OCH3 is 2. The van der Waals surface area contributed by atoms with Gasteiger partial charge in [-0.15, -0.1) is 0 Å². The number of allylic oxidation sites excluding steroid dienone is 2. The van der Waals surface area contributed by atoms with Crippen LogP contribution in [0.2, 0.25) is 0 Å². The lowest BCUT2D eigenvalue weighted by atomic mass is 10.1. The van der Waals surface area contributed by atoms with E-state index in [1.165, 1.54) is 28.1 Å². The van der Waals surface area contributed by atoms with Gasteiger partial charge in [-0.05, 0) is 60.4 Å². The molecule has 166 valence electrons. The Balaban J connectivity index is 1.82. The van der Waals surface area contributed by atoms with E-state index in [0.29, 0.717) is 47.0 Å². The third kappa shape index (κ3) is 5.43. The van der Waals surface area contributed by atoms with E-state index in [0.717, 1.165) is 11.1 Å². The van der Waals surface area contributed by atoms with Crippen LogP contribution < -0.4 is 18.9 Å². The lowest BCUT2D eigenvalue weighted by molar-refractivity contribution is -0.132. The molecule has 0 radical (unpaired) electrons. The van der Waals surface area contributed by atoms with Gasteiger partial charge in [-0.3, -0.25) is 14.4 Å². The second-order valence-corrected chi connectivity index (χ2v) is 7.18. The van der Waals surface area contributed by atoms with Gasteiger partial charge in [0.1, 0.15) is 0 Å². The maximum atomic E-state index is 12.9. The molecule has 0 spiro atoms. The molecular weight excluding hydrogens is 412 g/mol. The van der Waals surface area contributed by atoms with E-state index < -0.39 is 11.9 Å². The van der Waals surface area contributed by atoms with E-state index in [2.05, 4.69) is 0 Å². The normalized spacial score (nSPS) is 15.7. The minimum Gasteiger partial charge on any atom is -0.493 e. The van der Waals surface area contributed by atoms with Gasteiger partial charge >= 0.3 is 11.9 Å². The van der Waals surface area contributed by atoms with Crippen molar-refractivity contribution in [2.75, 3.05) is 14.2 Å². The number of ether oxygens (including phenoxy) is 4. The van der Waals surface area contributed by atoms with Crippen molar-refractivity contribution in [2.45, 2.75) is 26.7 Å². The molecule has 7 nitrogen and oxygen atoms in total. The second-order valence-electron chi connectivity index (χ2n) is 7.18.